The summed E-state index contributed by atoms with van der Waals surface area (Å²) in [7, 11) is 1.95. The molecule has 0 bridgehead atoms. The van der Waals surface area contributed by atoms with Crippen molar-refractivity contribution in [2.75, 3.05) is 20.1 Å². The van der Waals surface area contributed by atoms with Crippen LogP contribution in [0.3, 0.4) is 0 Å². The molecular weight excluding hydrogens is 325 g/mol. The maximum atomic E-state index is 13.5. The Hall–Kier alpha value is -2.80. The first-order valence-electron chi connectivity index (χ1n) is 7.94. The van der Waals surface area contributed by atoms with E-state index in [1.54, 1.807) is 0 Å². The lowest BCUT2D eigenvalue weighted by Gasteiger charge is -2.20. The minimum absolute atomic E-state index is 0.0720. The van der Waals surface area contributed by atoms with E-state index >= 15 is 0 Å². The number of nitro groups is 1. The number of benzene rings is 2. The summed E-state index contributed by atoms with van der Waals surface area (Å²) in [5, 5.41) is 14.0. The molecule has 0 spiro atoms. The predicted molar refractivity (Wildman–Crippen MR) is 91.0 cm³/mol. The van der Waals surface area contributed by atoms with Crippen LogP contribution in [0.4, 0.5) is 10.1 Å². The molecule has 1 fully saturated rings. The number of carbonyl (C=O) groups excluding carboxylic acids is 1. The number of nitrogens with zero attached hydrogens (tertiary/aromatic N) is 2. The molecule has 3 rings (SSSR count). The maximum Gasteiger partial charge on any atom is 0.282 e. The molecule has 0 saturated carbocycles. The summed E-state index contributed by atoms with van der Waals surface area (Å²) in [5.41, 5.74) is 0.429. The monoisotopic (exact) mass is 343 g/mol. The van der Waals surface area contributed by atoms with Gasteiger partial charge in [0.15, 0.2) is 0 Å². The highest BCUT2D eigenvalue weighted by Crippen LogP contribution is 2.28. The minimum atomic E-state index is -0.682. The van der Waals surface area contributed by atoms with Crippen molar-refractivity contribution in [3.05, 3.63) is 75.6 Å². The molecule has 2 aromatic rings. The van der Waals surface area contributed by atoms with Gasteiger partial charge in [-0.3, -0.25) is 14.9 Å². The van der Waals surface area contributed by atoms with Crippen molar-refractivity contribution in [2.24, 2.45) is 0 Å². The molecule has 1 aliphatic rings. The maximum absolute atomic E-state index is 13.5. The van der Waals surface area contributed by atoms with Crippen LogP contribution >= 0.6 is 0 Å². The molecule has 1 aliphatic heterocycles. The summed E-state index contributed by atoms with van der Waals surface area (Å²) < 4.78 is 13.5. The first-order chi connectivity index (χ1) is 12.0. The number of rotatable bonds is 4. The second-order valence-corrected chi connectivity index (χ2v) is 6.24. The number of hydrogen-bond acceptors (Lipinski definition) is 4. The first kappa shape index (κ1) is 17.0. The molecule has 2 aromatic carbocycles. The van der Waals surface area contributed by atoms with Crippen molar-refractivity contribution in [2.45, 2.75) is 12.0 Å². The number of halogens is 1. The number of hydrogen-bond donors (Lipinski definition) is 1. The van der Waals surface area contributed by atoms with Crippen LogP contribution in [0.15, 0.2) is 48.5 Å². The Morgan fingerprint density at radius 2 is 1.96 bits per heavy atom. The van der Waals surface area contributed by atoms with E-state index in [1.807, 2.05) is 37.4 Å². The standard InChI is InChI=1S/C18H18FN3O3/c1-21-10-15(12-5-3-2-4-6-12)16(11-21)20-18(23)14-9-13(19)7-8-17(14)22(24)25/h2-9,15-16H,10-11H2,1H3,(H,20,23)/t15-,16-/m0/s1. The smallest absolute Gasteiger partial charge is 0.282 e. The van der Waals surface area contributed by atoms with Gasteiger partial charge in [0.2, 0.25) is 0 Å². The van der Waals surface area contributed by atoms with Crippen LogP contribution in [-0.4, -0.2) is 41.9 Å². The number of likely N-dealkylation sites (tertiary alicyclic amines) is 1. The van der Waals surface area contributed by atoms with Gasteiger partial charge in [-0.15, -0.1) is 0 Å². The summed E-state index contributed by atoms with van der Waals surface area (Å²) in [6.45, 7) is 1.38. The van der Waals surface area contributed by atoms with Gasteiger partial charge in [0.05, 0.1) is 4.92 Å². The van der Waals surface area contributed by atoms with E-state index in [0.29, 0.717) is 6.54 Å². The van der Waals surface area contributed by atoms with Crippen molar-refractivity contribution in [3.63, 3.8) is 0 Å². The number of nitro benzene ring substituents is 1. The molecule has 1 heterocycles. The molecule has 1 N–H and O–H groups in total. The highest BCUT2D eigenvalue weighted by molar-refractivity contribution is 5.98. The molecule has 130 valence electrons. The van der Waals surface area contributed by atoms with Gasteiger partial charge in [0, 0.05) is 31.1 Å². The Balaban J connectivity index is 1.85. The zero-order valence-corrected chi connectivity index (χ0v) is 13.7. The zero-order valence-electron chi connectivity index (χ0n) is 13.7. The number of amides is 1. The van der Waals surface area contributed by atoms with Crippen LogP contribution in [0.1, 0.15) is 21.8 Å². The SMILES string of the molecule is CN1C[C@H](NC(=O)c2cc(F)ccc2[N+](=O)[O-])[C@H](c2ccccc2)C1. The summed E-state index contributed by atoms with van der Waals surface area (Å²) in [4.78, 5) is 25.1. The van der Waals surface area contributed by atoms with Crippen molar-refractivity contribution < 1.29 is 14.1 Å². The predicted octanol–water partition coefficient (Wildman–Crippen LogP) is 2.56. The van der Waals surface area contributed by atoms with Gasteiger partial charge in [-0.1, -0.05) is 30.3 Å². The third-order valence-electron chi connectivity index (χ3n) is 4.45. The Kier molecular flexibility index (Phi) is 4.76. The van der Waals surface area contributed by atoms with Crippen molar-refractivity contribution in [1.29, 1.82) is 0 Å². The van der Waals surface area contributed by atoms with E-state index in [1.165, 1.54) is 0 Å². The van der Waals surface area contributed by atoms with E-state index in [-0.39, 0.29) is 17.5 Å². The topological polar surface area (TPSA) is 75.5 Å². The zero-order chi connectivity index (χ0) is 18.0. The van der Waals surface area contributed by atoms with Crippen LogP contribution in [0.2, 0.25) is 0 Å². The first-order valence-corrected chi connectivity index (χ1v) is 7.94. The minimum Gasteiger partial charge on any atom is -0.347 e. The fourth-order valence-electron chi connectivity index (χ4n) is 3.28. The normalized spacial score (nSPS) is 20.4. The van der Waals surface area contributed by atoms with Crippen LogP contribution < -0.4 is 5.32 Å². The Bertz CT molecular complexity index is 797. The highest BCUT2D eigenvalue weighted by atomic mass is 19.1. The average Bonchev–Trinajstić information content (AvgIpc) is 2.95. The molecule has 25 heavy (non-hydrogen) atoms. The van der Waals surface area contributed by atoms with Crippen LogP contribution in [0, 0.1) is 15.9 Å². The third kappa shape index (κ3) is 3.66. The van der Waals surface area contributed by atoms with Gasteiger partial charge in [-0.05, 0) is 24.7 Å². The Morgan fingerprint density at radius 3 is 2.64 bits per heavy atom. The number of carbonyl (C=O) groups is 1. The van der Waals surface area contributed by atoms with Crippen molar-refractivity contribution in [3.8, 4) is 0 Å². The molecule has 0 radical (unpaired) electrons. The molecule has 1 amide bonds. The molecule has 2 atom stereocenters. The second kappa shape index (κ2) is 6.98. The van der Waals surface area contributed by atoms with Crippen molar-refractivity contribution >= 4 is 11.6 Å². The lowest BCUT2D eigenvalue weighted by atomic mass is 9.94. The van der Waals surface area contributed by atoms with Gasteiger partial charge in [-0.25, -0.2) is 4.39 Å². The molecule has 6 nitrogen and oxygen atoms in total. The van der Waals surface area contributed by atoms with Gasteiger partial charge in [-0.2, -0.15) is 0 Å². The summed E-state index contributed by atoms with van der Waals surface area (Å²) in [5.74, 6) is -1.24. The van der Waals surface area contributed by atoms with Crippen LogP contribution in [-0.2, 0) is 0 Å². The molecule has 0 aliphatic carbocycles. The van der Waals surface area contributed by atoms with Gasteiger partial charge >= 0.3 is 0 Å². The number of likely N-dealkylation sites (N-methyl/N-ethyl adjacent to an activating group) is 1. The lowest BCUT2D eigenvalue weighted by Crippen LogP contribution is -2.39. The summed E-state index contributed by atoms with van der Waals surface area (Å²) in [6.07, 6.45) is 0. The Morgan fingerprint density at radius 1 is 1.24 bits per heavy atom. The van der Waals surface area contributed by atoms with Gasteiger partial charge in [0.25, 0.3) is 11.6 Å². The largest absolute Gasteiger partial charge is 0.347 e. The Labute approximate surface area is 144 Å². The number of nitrogens with one attached hydrogen (secondary N) is 1. The molecule has 0 aromatic heterocycles. The van der Waals surface area contributed by atoms with E-state index in [0.717, 1.165) is 30.3 Å². The lowest BCUT2D eigenvalue weighted by molar-refractivity contribution is -0.385. The fourth-order valence-corrected chi connectivity index (χ4v) is 3.28. The van der Waals surface area contributed by atoms with Crippen LogP contribution in [0.5, 0.6) is 0 Å². The van der Waals surface area contributed by atoms with E-state index in [9.17, 15) is 19.3 Å². The van der Waals surface area contributed by atoms with Gasteiger partial charge < -0.3 is 10.2 Å². The molecule has 7 heteroatoms. The third-order valence-corrected chi connectivity index (χ3v) is 4.45. The average molecular weight is 343 g/mol. The van der Waals surface area contributed by atoms with Crippen LogP contribution in [0.25, 0.3) is 0 Å². The van der Waals surface area contributed by atoms with E-state index < -0.39 is 22.3 Å². The summed E-state index contributed by atoms with van der Waals surface area (Å²) in [6, 6.07) is 12.5. The highest BCUT2D eigenvalue weighted by Gasteiger charge is 2.34. The van der Waals surface area contributed by atoms with E-state index in [2.05, 4.69) is 10.2 Å². The molecule has 0 unspecified atom stereocenters. The second-order valence-electron chi connectivity index (χ2n) is 6.24. The summed E-state index contributed by atoms with van der Waals surface area (Å²) >= 11 is 0. The van der Waals surface area contributed by atoms with Crippen molar-refractivity contribution in [1.82, 2.24) is 10.2 Å². The van der Waals surface area contributed by atoms with Gasteiger partial charge in [0.1, 0.15) is 11.4 Å². The van der Waals surface area contributed by atoms with E-state index in [4.69, 9.17) is 0 Å². The quantitative estimate of drug-likeness (QED) is 0.684. The molecule has 1 saturated heterocycles. The molecular formula is C18H18FN3O3. The fraction of sp³-hybridized carbons (Fsp3) is 0.278.